The van der Waals surface area contributed by atoms with Crippen molar-refractivity contribution >= 4 is 9.53 Å². The monoisotopic (exact) mass is 322 g/mol. The highest BCUT2D eigenvalue weighted by Crippen LogP contribution is 2.00. The predicted molar refractivity (Wildman–Crippen MR) is 92.7 cm³/mol. The summed E-state index contributed by atoms with van der Waals surface area (Å²) >= 11 is 0. The van der Waals surface area contributed by atoms with Crippen molar-refractivity contribution < 1.29 is 13.3 Å². The van der Waals surface area contributed by atoms with E-state index in [1.165, 1.54) is 0 Å². The first kappa shape index (κ1) is 23.3. The van der Waals surface area contributed by atoms with Gasteiger partial charge >= 0.3 is 9.53 Å². The Balaban J connectivity index is 0. The van der Waals surface area contributed by atoms with Crippen LogP contribution < -0.4 is 11.1 Å². The molecule has 0 aromatic heterocycles. The van der Waals surface area contributed by atoms with Crippen molar-refractivity contribution in [1.29, 1.82) is 0 Å². The molecule has 0 aliphatic carbocycles. The SMILES string of the molecule is CCCCO[SiH](OCCCC)OCCCC.CNCCN. The lowest BCUT2D eigenvalue weighted by Gasteiger charge is -2.16. The van der Waals surface area contributed by atoms with Gasteiger partial charge in [-0.1, -0.05) is 40.0 Å². The number of nitrogens with one attached hydrogen (secondary N) is 1. The fourth-order valence-electron chi connectivity index (χ4n) is 1.26. The molecule has 3 N–H and O–H groups in total. The van der Waals surface area contributed by atoms with Crippen molar-refractivity contribution in [3.63, 3.8) is 0 Å². The normalized spacial score (nSPS) is 10.6. The van der Waals surface area contributed by atoms with Crippen LogP contribution in [0.4, 0.5) is 0 Å². The molecule has 0 fully saturated rings. The lowest BCUT2D eigenvalue weighted by atomic mass is 10.4. The highest BCUT2D eigenvalue weighted by Gasteiger charge is 2.14. The van der Waals surface area contributed by atoms with Crippen molar-refractivity contribution in [2.45, 2.75) is 59.3 Å². The summed E-state index contributed by atoms with van der Waals surface area (Å²) in [4.78, 5) is 0. The van der Waals surface area contributed by atoms with Gasteiger partial charge in [-0.3, -0.25) is 0 Å². The third kappa shape index (κ3) is 22.4. The Morgan fingerprint density at radius 3 is 1.38 bits per heavy atom. The Morgan fingerprint density at radius 1 is 0.810 bits per heavy atom. The zero-order valence-corrected chi connectivity index (χ0v) is 15.8. The molecule has 0 aliphatic heterocycles. The first-order chi connectivity index (χ1) is 10.3. The minimum absolute atomic E-state index is 0.733. The molecule has 0 amide bonds. The first-order valence-corrected chi connectivity index (χ1v) is 9.87. The third-order valence-electron chi connectivity index (χ3n) is 2.65. The van der Waals surface area contributed by atoms with E-state index in [-0.39, 0.29) is 0 Å². The Labute approximate surface area is 133 Å². The molecular formula is C15H38N2O3Si. The fourth-order valence-corrected chi connectivity index (χ4v) is 2.63. The fraction of sp³-hybridized carbons (Fsp3) is 1.00. The van der Waals surface area contributed by atoms with E-state index in [1.54, 1.807) is 0 Å². The van der Waals surface area contributed by atoms with E-state index < -0.39 is 9.53 Å². The lowest BCUT2D eigenvalue weighted by molar-refractivity contribution is 0.0899. The molecule has 0 atom stereocenters. The maximum atomic E-state index is 5.67. The van der Waals surface area contributed by atoms with E-state index in [2.05, 4.69) is 26.1 Å². The van der Waals surface area contributed by atoms with Crippen LogP contribution in [0, 0.1) is 0 Å². The molecule has 0 spiro atoms. The molecule has 6 heteroatoms. The van der Waals surface area contributed by atoms with Crippen molar-refractivity contribution in [2.24, 2.45) is 5.73 Å². The van der Waals surface area contributed by atoms with Crippen molar-refractivity contribution in [1.82, 2.24) is 5.32 Å². The molecular weight excluding hydrogens is 284 g/mol. The van der Waals surface area contributed by atoms with Crippen LogP contribution in [0.25, 0.3) is 0 Å². The van der Waals surface area contributed by atoms with Gasteiger partial charge in [0.1, 0.15) is 0 Å². The number of unbranched alkanes of at least 4 members (excludes halogenated alkanes) is 3. The molecule has 0 rings (SSSR count). The maximum absolute atomic E-state index is 5.67. The van der Waals surface area contributed by atoms with Crippen molar-refractivity contribution in [3.05, 3.63) is 0 Å². The summed E-state index contributed by atoms with van der Waals surface area (Å²) in [5, 5.41) is 2.89. The highest BCUT2D eigenvalue weighted by atomic mass is 28.3. The molecule has 0 radical (unpaired) electrons. The van der Waals surface area contributed by atoms with Crippen LogP contribution in [-0.4, -0.2) is 49.5 Å². The standard InChI is InChI=1S/C12H28O3Si.C3H10N2/c1-4-7-10-13-16(14-11-8-5-2)15-12-9-6-3;1-5-3-2-4/h16H,4-12H2,1-3H3;5H,2-4H2,1H3. The first-order valence-electron chi connectivity index (χ1n) is 8.46. The molecule has 130 valence electrons. The van der Waals surface area contributed by atoms with Crippen molar-refractivity contribution in [2.75, 3.05) is 40.0 Å². The van der Waals surface area contributed by atoms with Gasteiger partial charge in [-0.2, -0.15) is 0 Å². The van der Waals surface area contributed by atoms with Gasteiger partial charge in [0.2, 0.25) is 0 Å². The summed E-state index contributed by atoms with van der Waals surface area (Å²) in [5.41, 5.74) is 5.08. The molecule has 21 heavy (non-hydrogen) atoms. The van der Waals surface area contributed by atoms with Crippen molar-refractivity contribution in [3.8, 4) is 0 Å². The Bertz CT molecular complexity index is 151. The maximum Gasteiger partial charge on any atom is 0.484 e. The number of likely N-dealkylation sites (N-methyl/N-ethyl adjacent to an activating group) is 1. The quantitative estimate of drug-likeness (QED) is 0.379. The van der Waals surface area contributed by atoms with Gasteiger partial charge in [0, 0.05) is 32.9 Å². The van der Waals surface area contributed by atoms with Crippen LogP contribution in [0.5, 0.6) is 0 Å². The van der Waals surface area contributed by atoms with Gasteiger partial charge in [0.05, 0.1) is 0 Å². The molecule has 0 heterocycles. The number of hydrogen-bond donors (Lipinski definition) is 2. The third-order valence-corrected chi connectivity index (χ3v) is 4.17. The average Bonchev–Trinajstić information content (AvgIpc) is 2.49. The second-order valence-electron chi connectivity index (χ2n) is 4.85. The highest BCUT2D eigenvalue weighted by molar-refractivity contribution is 6.36. The molecule has 0 aromatic carbocycles. The van der Waals surface area contributed by atoms with E-state index in [0.717, 1.165) is 71.4 Å². The van der Waals surface area contributed by atoms with E-state index in [1.807, 2.05) is 7.05 Å². The zero-order chi connectivity index (χ0) is 16.2. The summed E-state index contributed by atoms with van der Waals surface area (Å²) in [6, 6.07) is 0. The van der Waals surface area contributed by atoms with Crippen LogP contribution >= 0.6 is 0 Å². The van der Waals surface area contributed by atoms with Gasteiger partial charge in [0.15, 0.2) is 0 Å². The van der Waals surface area contributed by atoms with Crippen LogP contribution in [0.15, 0.2) is 0 Å². The molecule has 0 aromatic rings. The van der Waals surface area contributed by atoms with Crippen LogP contribution in [0.2, 0.25) is 0 Å². The van der Waals surface area contributed by atoms with Gasteiger partial charge in [0.25, 0.3) is 0 Å². The Hall–Kier alpha value is 0.0169. The van der Waals surface area contributed by atoms with E-state index in [9.17, 15) is 0 Å². The van der Waals surface area contributed by atoms with E-state index in [0.29, 0.717) is 0 Å². The van der Waals surface area contributed by atoms with Gasteiger partial charge in [-0.15, -0.1) is 0 Å². The van der Waals surface area contributed by atoms with Gasteiger partial charge in [-0.05, 0) is 26.3 Å². The summed E-state index contributed by atoms with van der Waals surface area (Å²) < 4.78 is 17.0. The second kappa shape index (κ2) is 22.3. The Kier molecular flexibility index (Phi) is 24.7. The molecule has 0 saturated carbocycles. The average molecular weight is 323 g/mol. The minimum atomic E-state index is -1.83. The van der Waals surface area contributed by atoms with Gasteiger partial charge < -0.3 is 24.3 Å². The molecule has 0 bridgehead atoms. The molecule has 0 saturated heterocycles. The topological polar surface area (TPSA) is 65.7 Å². The largest absolute Gasteiger partial charge is 0.484 e. The number of nitrogens with two attached hydrogens (primary N) is 1. The number of hydrogen-bond acceptors (Lipinski definition) is 5. The zero-order valence-electron chi connectivity index (χ0n) is 14.7. The van der Waals surface area contributed by atoms with Crippen LogP contribution in [-0.2, 0) is 13.3 Å². The van der Waals surface area contributed by atoms with E-state index in [4.69, 9.17) is 19.0 Å². The predicted octanol–water partition coefficient (Wildman–Crippen LogP) is 2.32. The summed E-state index contributed by atoms with van der Waals surface area (Å²) in [5.74, 6) is 0. The molecule has 0 aliphatic rings. The minimum Gasteiger partial charge on any atom is -0.376 e. The summed E-state index contributed by atoms with van der Waals surface area (Å²) in [6.45, 7) is 10.5. The van der Waals surface area contributed by atoms with E-state index >= 15 is 0 Å². The van der Waals surface area contributed by atoms with Crippen LogP contribution in [0.3, 0.4) is 0 Å². The number of rotatable bonds is 14. The molecule has 0 unspecified atom stereocenters. The second-order valence-corrected chi connectivity index (χ2v) is 6.43. The van der Waals surface area contributed by atoms with Gasteiger partial charge in [-0.25, -0.2) is 0 Å². The summed E-state index contributed by atoms with van der Waals surface area (Å²) in [7, 11) is 0.0532. The molecule has 5 nitrogen and oxygen atoms in total. The summed E-state index contributed by atoms with van der Waals surface area (Å²) in [6.07, 6.45) is 6.76. The van der Waals surface area contributed by atoms with Crippen LogP contribution in [0.1, 0.15) is 59.3 Å². The Morgan fingerprint density at radius 2 is 1.19 bits per heavy atom. The smallest absolute Gasteiger partial charge is 0.376 e. The lowest BCUT2D eigenvalue weighted by Crippen LogP contribution is -2.28.